The zero-order chi connectivity index (χ0) is 13.4. The van der Waals surface area contributed by atoms with Gasteiger partial charge >= 0.3 is 0 Å². The summed E-state index contributed by atoms with van der Waals surface area (Å²) in [5, 5.41) is 0. The van der Waals surface area contributed by atoms with Crippen molar-refractivity contribution in [3.05, 3.63) is 51.8 Å². The summed E-state index contributed by atoms with van der Waals surface area (Å²) < 4.78 is 8.86. The second-order valence-corrected chi connectivity index (χ2v) is 5.89. The lowest BCUT2D eigenvalue weighted by atomic mass is 10.1. The van der Waals surface area contributed by atoms with Crippen LogP contribution in [0.2, 0.25) is 0 Å². The number of fused-ring (bicyclic) bond motifs is 1. The number of hydrogen-bond acceptors (Lipinski definition) is 2. The summed E-state index contributed by atoms with van der Waals surface area (Å²) in [5.41, 5.74) is 9.01. The molecule has 0 spiro atoms. The number of benzene rings is 1. The zero-order valence-electron chi connectivity index (χ0n) is 10.2. The van der Waals surface area contributed by atoms with E-state index in [2.05, 4.69) is 28.1 Å². The van der Waals surface area contributed by atoms with E-state index >= 15 is 0 Å². The van der Waals surface area contributed by atoms with Gasteiger partial charge in [0.05, 0.1) is 18.8 Å². The molecule has 1 aliphatic heterocycles. The van der Waals surface area contributed by atoms with Crippen LogP contribution in [0.1, 0.15) is 16.8 Å². The third-order valence-corrected chi connectivity index (χ3v) is 3.91. The second kappa shape index (κ2) is 4.98. The summed E-state index contributed by atoms with van der Waals surface area (Å²) in [7, 11) is 0. The Labute approximate surface area is 125 Å². The standard InChI is InChI=1S/C14H13BrN2OS/c15-11-6-9-3-5-18-13(9)10(7-11)8-17-4-1-2-12(17)14(16)19/h1-2,4,6-7H,3,5,8H2,(H2,16,19). The molecule has 1 aliphatic rings. The van der Waals surface area contributed by atoms with Crippen LogP contribution in [0.15, 0.2) is 34.9 Å². The summed E-state index contributed by atoms with van der Waals surface area (Å²) in [5.74, 6) is 1.01. The molecule has 5 heteroatoms. The fourth-order valence-corrected chi connectivity index (χ4v) is 3.16. The Hall–Kier alpha value is -1.33. The van der Waals surface area contributed by atoms with E-state index in [1.54, 1.807) is 0 Å². The van der Waals surface area contributed by atoms with E-state index in [1.807, 2.05) is 22.9 Å². The molecule has 98 valence electrons. The van der Waals surface area contributed by atoms with E-state index in [1.165, 1.54) is 5.56 Å². The highest BCUT2D eigenvalue weighted by atomic mass is 79.9. The molecule has 0 atom stereocenters. The summed E-state index contributed by atoms with van der Waals surface area (Å²) in [6.45, 7) is 1.47. The van der Waals surface area contributed by atoms with Gasteiger partial charge in [-0.2, -0.15) is 0 Å². The SMILES string of the molecule is NC(=S)c1cccn1Cc1cc(Br)cc2c1OCC2. The highest BCUT2D eigenvalue weighted by Gasteiger charge is 2.18. The van der Waals surface area contributed by atoms with Gasteiger partial charge in [0.25, 0.3) is 0 Å². The van der Waals surface area contributed by atoms with E-state index in [0.29, 0.717) is 11.5 Å². The normalized spacial score (nSPS) is 13.1. The molecule has 19 heavy (non-hydrogen) atoms. The molecule has 0 fully saturated rings. The maximum atomic E-state index is 5.74. The molecule has 3 rings (SSSR count). The van der Waals surface area contributed by atoms with Gasteiger partial charge in [-0.25, -0.2) is 0 Å². The number of thiocarbonyl (C=S) groups is 1. The first-order valence-electron chi connectivity index (χ1n) is 6.04. The Morgan fingerprint density at radius 2 is 2.32 bits per heavy atom. The van der Waals surface area contributed by atoms with Crippen molar-refractivity contribution < 1.29 is 4.74 Å². The van der Waals surface area contributed by atoms with Gasteiger partial charge in [-0.3, -0.25) is 0 Å². The molecular formula is C14H13BrN2OS. The molecule has 1 aromatic carbocycles. The number of hydrogen-bond donors (Lipinski definition) is 1. The van der Waals surface area contributed by atoms with Crippen LogP contribution < -0.4 is 10.5 Å². The number of halogens is 1. The summed E-state index contributed by atoms with van der Waals surface area (Å²) in [4.78, 5) is 0.414. The fourth-order valence-electron chi connectivity index (χ4n) is 2.42. The van der Waals surface area contributed by atoms with Crippen molar-refractivity contribution in [3.63, 3.8) is 0 Å². The maximum absolute atomic E-state index is 5.74. The molecule has 0 unspecified atom stereocenters. The van der Waals surface area contributed by atoms with Crippen LogP contribution in [0, 0.1) is 0 Å². The molecule has 0 amide bonds. The first-order valence-corrected chi connectivity index (χ1v) is 7.24. The molecule has 0 bridgehead atoms. The molecule has 2 N–H and O–H groups in total. The minimum Gasteiger partial charge on any atom is -0.493 e. The monoisotopic (exact) mass is 336 g/mol. The Bertz CT molecular complexity index is 651. The fraction of sp³-hybridized carbons (Fsp3) is 0.214. The van der Waals surface area contributed by atoms with Gasteiger partial charge in [0.2, 0.25) is 0 Å². The van der Waals surface area contributed by atoms with Crippen LogP contribution in [-0.4, -0.2) is 16.2 Å². The van der Waals surface area contributed by atoms with Crippen LogP contribution >= 0.6 is 28.1 Å². The Morgan fingerprint density at radius 1 is 1.47 bits per heavy atom. The lowest BCUT2D eigenvalue weighted by molar-refractivity contribution is 0.352. The topological polar surface area (TPSA) is 40.2 Å². The summed E-state index contributed by atoms with van der Waals surface area (Å²) in [6.07, 6.45) is 2.95. The lowest BCUT2D eigenvalue weighted by Gasteiger charge is -2.12. The van der Waals surface area contributed by atoms with Gasteiger partial charge in [-0.05, 0) is 29.8 Å². The van der Waals surface area contributed by atoms with Gasteiger partial charge in [-0.15, -0.1) is 0 Å². The second-order valence-electron chi connectivity index (χ2n) is 4.54. The smallest absolute Gasteiger partial charge is 0.127 e. The predicted octanol–water partition coefficient (Wildman–Crippen LogP) is 2.87. The van der Waals surface area contributed by atoms with Crippen molar-refractivity contribution in [1.29, 1.82) is 0 Å². The van der Waals surface area contributed by atoms with E-state index in [0.717, 1.165) is 34.5 Å². The highest BCUT2D eigenvalue weighted by Crippen LogP contribution is 2.33. The van der Waals surface area contributed by atoms with Gasteiger partial charge in [-0.1, -0.05) is 28.1 Å². The summed E-state index contributed by atoms with van der Waals surface area (Å²) >= 11 is 8.61. The van der Waals surface area contributed by atoms with Crippen LogP contribution in [0.5, 0.6) is 5.75 Å². The Balaban J connectivity index is 2.00. The van der Waals surface area contributed by atoms with Crippen molar-refractivity contribution >= 4 is 33.1 Å². The van der Waals surface area contributed by atoms with Gasteiger partial charge in [0.15, 0.2) is 0 Å². The Kier molecular flexibility index (Phi) is 3.33. The van der Waals surface area contributed by atoms with Gasteiger partial charge in [0, 0.05) is 22.7 Å². The van der Waals surface area contributed by atoms with Crippen molar-refractivity contribution in [3.8, 4) is 5.75 Å². The van der Waals surface area contributed by atoms with E-state index in [9.17, 15) is 0 Å². The highest BCUT2D eigenvalue weighted by molar-refractivity contribution is 9.10. The third-order valence-electron chi connectivity index (χ3n) is 3.25. The minimum absolute atomic E-state index is 0.414. The molecule has 2 heterocycles. The first-order chi connectivity index (χ1) is 9.15. The first kappa shape index (κ1) is 12.7. The van der Waals surface area contributed by atoms with Gasteiger partial charge in [0.1, 0.15) is 10.7 Å². The molecule has 1 aromatic heterocycles. The van der Waals surface area contributed by atoms with E-state index < -0.39 is 0 Å². The van der Waals surface area contributed by atoms with Crippen LogP contribution in [-0.2, 0) is 13.0 Å². The molecular weight excluding hydrogens is 324 g/mol. The molecule has 0 radical (unpaired) electrons. The number of nitrogens with zero attached hydrogens (tertiary/aromatic N) is 1. The van der Waals surface area contributed by atoms with Crippen molar-refractivity contribution in [2.24, 2.45) is 5.73 Å². The zero-order valence-corrected chi connectivity index (χ0v) is 12.6. The van der Waals surface area contributed by atoms with Crippen LogP contribution in [0.4, 0.5) is 0 Å². The minimum atomic E-state index is 0.414. The summed E-state index contributed by atoms with van der Waals surface area (Å²) in [6, 6.07) is 8.10. The van der Waals surface area contributed by atoms with Crippen LogP contribution in [0.3, 0.4) is 0 Å². The van der Waals surface area contributed by atoms with Gasteiger partial charge < -0.3 is 15.0 Å². The van der Waals surface area contributed by atoms with Crippen molar-refractivity contribution in [2.75, 3.05) is 6.61 Å². The van der Waals surface area contributed by atoms with Crippen molar-refractivity contribution in [1.82, 2.24) is 4.57 Å². The van der Waals surface area contributed by atoms with Crippen molar-refractivity contribution in [2.45, 2.75) is 13.0 Å². The molecule has 2 aromatic rings. The number of rotatable bonds is 3. The third kappa shape index (κ3) is 2.40. The molecule has 0 saturated carbocycles. The molecule has 0 saturated heterocycles. The average molecular weight is 337 g/mol. The number of nitrogens with two attached hydrogens (primary N) is 1. The number of ether oxygens (including phenoxy) is 1. The molecule has 0 aliphatic carbocycles. The van der Waals surface area contributed by atoms with E-state index in [4.69, 9.17) is 22.7 Å². The quantitative estimate of drug-likeness (QED) is 0.876. The van der Waals surface area contributed by atoms with Crippen LogP contribution in [0.25, 0.3) is 0 Å². The molecule has 3 nitrogen and oxygen atoms in total. The predicted molar refractivity (Wildman–Crippen MR) is 82.8 cm³/mol. The van der Waals surface area contributed by atoms with E-state index in [-0.39, 0.29) is 0 Å². The Morgan fingerprint density at radius 3 is 3.11 bits per heavy atom. The average Bonchev–Trinajstić information content (AvgIpc) is 2.96. The maximum Gasteiger partial charge on any atom is 0.127 e. The lowest BCUT2D eigenvalue weighted by Crippen LogP contribution is -2.16. The largest absolute Gasteiger partial charge is 0.493 e. The number of aromatic nitrogens is 1.